The highest BCUT2D eigenvalue weighted by atomic mass is 32.2. The number of aromatic nitrogens is 1. The summed E-state index contributed by atoms with van der Waals surface area (Å²) in [4.78, 5) is 25.7. The van der Waals surface area contributed by atoms with Crippen LogP contribution in [0, 0.1) is 0 Å². The second-order valence-electron chi connectivity index (χ2n) is 4.72. The molecule has 1 amide bonds. The van der Waals surface area contributed by atoms with E-state index in [1.165, 1.54) is 11.6 Å². The Labute approximate surface area is 128 Å². The van der Waals surface area contributed by atoms with Gasteiger partial charge in [-0.2, -0.15) is 0 Å². The van der Waals surface area contributed by atoms with Crippen molar-refractivity contribution in [2.24, 2.45) is 0 Å². The lowest BCUT2D eigenvalue weighted by Gasteiger charge is -2.12. The zero-order chi connectivity index (χ0) is 15.1. The van der Waals surface area contributed by atoms with E-state index in [0.29, 0.717) is 6.54 Å². The van der Waals surface area contributed by atoms with E-state index in [9.17, 15) is 9.59 Å². The van der Waals surface area contributed by atoms with Gasteiger partial charge in [0.25, 0.3) is 0 Å². The van der Waals surface area contributed by atoms with Gasteiger partial charge in [0.1, 0.15) is 0 Å². The van der Waals surface area contributed by atoms with Crippen LogP contribution in [0.1, 0.15) is 18.1 Å². The van der Waals surface area contributed by atoms with E-state index in [-0.39, 0.29) is 16.7 Å². The van der Waals surface area contributed by atoms with Crippen molar-refractivity contribution in [3.8, 4) is 0 Å². The highest BCUT2D eigenvalue weighted by Gasteiger charge is 2.12. The summed E-state index contributed by atoms with van der Waals surface area (Å²) in [5.41, 5.74) is 1.84. The Bertz CT molecular complexity index is 640. The predicted octanol–water partition coefficient (Wildman–Crippen LogP) is 2.31. The molecule has 2 aromatic rings. The number of aromatic amines is 1. The number of H-pyrrole nitrogens is 1. The van der Waals surface area contributed by atoms with Crippen molar-refractivity contribution in [2.45, 2.75) is 24.5 Å². The van der Waals surface area contributed by atoms with Gasteiger partial charge in [0.05, 0.1) is 5.25 Å². The Morgan fingerprint density at radius 1 is 1.24 bits per heavy atom. The van der Waals surface area contributed by atoms with Gasteiger partial charge < -0.3 is 10.3 Å². The first-order valence-corrected chi connectivity index (χ1v) is 7.81. The summed E-state index contributed by atoms with van der Waals surface area (Å²) in [6, 6.07) is 13.3. The Hall–Kier alpha value is -2.01. The monoisotopic (exact) mass is 302 g/mol. The number of carbonyl (C=O) groups is 1. The molecule has 0 saturated heterocycles. The summed E-state index contributed by atoms with van der Waals surface area (Å²) in [5.74, 6) is 0.789. The summed E-state index contributed by atoms with van der Waals surface area (Å²) in [5, 5.41) is 2.72. The van der Waals surface area contributed by atoms with Crippen molar-refractivity contribution in [1.82, 2.24) is 10.3 Å². The van der Waals surface area contributed by atoms with E-state index >= 15 is 0 Å². The molecule has 0 saturated carbocycles. The number of rotatable bonds is 6. The summed E-state index contributed by atoms with van der Waals surface area (Å²) in [7, 11) is 0. The van der Waals surface area contributed by atoms with Crippen molar-refractivity contribution in [3.63, 3.8) is 0 Å². The van der Waals surface area contributed by atoms with Gasteiger partial charge in [-0.05, 0) is 24.1 Å². The molecule has 4 nitrogen and oxygen atoms in total. The minimum absolute atomic E-state index is 0.0174. The SMILES string of the molecule is C[C@H](SCc1ccccc1)C(=O)NCc1cc[nH]c(=O)c1. The molecular formula is C16H18N2O2S. The van der Waals surface area contributed by atoms with Crippen LogP contribution in [-0.4, -0.2) is 16.1 Å². The zero-order valence-corrected chi connectivity index (χ0v) is 12.7. The molecule has 2 rings (SSSR count). The zero-order valence-electron chi connectivity index (χ0n) is 11.8. The summed E-state index contributed by atoms with van der Waals surface area (Å²) < 4.78 is 0. The molecule has 21 heavy (non-hydrogen) atoms. The van der Waals surface area contributed by atoms with Crippen molar-refractivity contribution >= 4 is 17.7 Å². The lowest BCUT2D eigenvalue weighted by atomic mass is 10.2. The van der Waals surface area contributed by atoms with Crippen LogP contribution in [0.5, 0.6) is 0 Å². The van der Waals surface area contributed by atoms with Gasteiger partial charge in [-0.1, -0.05) is 30.3 Å². The maximum absolute atomic E-state index is 12.0. The standard InChI is InChI=1S/C16H18N2O2S/c1-12(21-11-13-5-3-2-4-6-13)16(20)18-10-14-7-8-17-15(19)9-14/h2-9,12H,10-11H2,1H3,(H,17,19)(H,18,20)/t12-/m0/s1. The maximum Gasteiger partial charge on any atom is 0.248 e. The molecule has 0 fully saturated rings. The van der Waals surface area contributed by atoms with E-state index in [0.717, 1.165) is 11.3 Å². The topological polar surface area (TPSA) is 62.0 Å². The maximum atomic E-state index is 12.0. The van der Waals surface area contributed by atoms with Gasteiger partial charge >= 0.3 is 0 Å². The third-order valence-electron chi connectivity index (χ3n) is 3.02. The average Bonchev–Trinajstić information content (AvgIpc) is 2.51. The number of hydrogen-bond donors (Lipinski definition) is 2. The molecular weight excluding hydrogens is 284 g/mol. The second-order valence-corrected chi connectivity index (χ2v) is 6.05. The molecule has 2 N–H and O–H groups in total. The van der Waals surface area contributed by atoms with Crippen LogP contribution in [0.15, 0.2) is 53.5 Å². The van der Waals surface area contributed by atoms with Crippen molar-refractivity contribution in [1.29, 1.82) is 0 Å². The van der Waals surface area contributed by atoms with Gasteiger partial charge in [0.2, 0.25) is 11.5 Å². The number of benzene rings is 1. The summed E-state index contributed by atoms with van der Waals surface area (Å²) in [6.07, 6.45) is 1.58. The minimum Gasteiger partial charge on any atom is -0.351 e. The molecule has 0 radical (unpaired) electrons. The number of amides is 1. The third kappa shape index (κ3) is 5.11. The fourth-order valence-electron chi connectivity index (χ4n) is 1.80. The van der Waals surface area contributed by atoms with Gasteiger partial charge in [0.15, 0.2) is 0 Å². The fourth-order valence-corrected chi connectivity index (χ4v) is 2.67. The van der Waals surface area contributed by atoms with E-state index < -0.39 is 0 Å². The molecule has 0 aliphatic carbocycles. The molecule has 5 heteroatoms. The first-order valence-electron chi connectivity index (χ1n) is 6.76. The fraction of sp³-hybridized carbons (Fsp3) is 0.250. The number of carbonyl (C=O) groups excluding carboxylic acids is 1. The van der Waals surface area contributed by atoms with Crippen LogP contribution in [-0.2, 0) is 17.1 Å². The Morgan fingerprint density at radius 2 is 2.00 bits per heavy atom. The lowest BCUT2D eigenvalue weighted by Crippen LogP contribution is -2.30. The van der Waals surface area contributed by atoms with Crippen molar-refractivity contribution in [2.75, 3.05) is 0 Å². The van der Waals surface area contributed by atoms with E-state index in [2.05, 4.69) is 10.3 Å². The predicted molar refractivity (Wildman–Crippen MR) is 86.1 cm³/mol. The first-order chi connectivity index (χ1) is 10.1. The van der Waals surface area contributed by atoms with E-state index in [1.807, 2.05) is 37.3 Å². The number of pyridine rings is 1. The molecule has 1 heterocycles. The Morgan fingerprint density at radius 3 is 2.71 bits per heavy atom. The first kappa shape index (κ1) is 15.4. The van der Waals surface area contributed by atoms with Crippen LogP contribution in [0.4, 0.5) is 0 Å². The van der Waals surface area contributed by atoms with Gasteiger partial charge in [0, 0.05) is 24.6 Å². The molecule has 0 unspecified atom stereocenters. The van der Waals surface area contributed by atoms with Crippen LogP contribution >= 0.6 is 11.8 Å². The molecule has 0 aliphatic rings. The molecule has 0 bridgehead atoms. The lowest BCUT2D eigenvalue weighted by molar-refractivity contribution is -0.120. The van der Waals surface area contributed by atoms with Crippen LogP contribution in [0.2, 0.25) is 0 Å². The normalized spacial score (nSPS) is 11.9. The van der Waals surface area contributed by atoms with Gasteiger partial charge in [-0.15, -0.1) is 11.8 Å². The smallest absolute Gasteiger partial charge is 0.248 e. The third-order valence-corrected chi connectivity index (χ3v) is 4.23. The van der Waals surface area contributed by atoms with Gasteiger partial charge in [-0.3, -0.25) is 9.59 Å². The summed E-state index contributed by atoms with van der Waals surface area (Å²) in [6.45, 7) is 2.26. The Balaban J connectivity index is 1.78. The minimum atomic E-state index is -0.159. The highest BCUT2D eigenvalue weighted by Crippen LogP contribution is 2.17. The Kier molecular flexibility index (Phi) is 5.63. The molecule has 1 atom stereocenters. The van der Waals surface area contributed by atoms with Gasteiger partial charge in [-0.25, -0.2) is 0 Å². The molecule has 1 aromatic heterocycles. The van der Waals surface area contributed by atoms with Crippen LogP contribution in [0.3, 0.4) is 0 Å². The number of thioether (sulfide) groups is 1. The van der Waals surface area contributed by atoms with Crippen LogP contribution in [0.25, 0.3) is 0 Å². The van der Waals surface area contributed by atoms with E-state index in [4.69, 9.17) is 0 Å². The highest BCUT2D eigenvalue weighted by molar-refractivity contribution is 7.99. The number of nitrogens with one attached hydrogen (secondary N) is 2. The molecule has 1 aromatic carbocycles. The van der Waals surface area contributed by atoms with Crippen molar-refractivity contribution < 1.29 is 4.79 Å². The van der Waals surface area contributed by atoms with E-state index in [1.54, 1.807) is 24.0 Å². The average molecular weight is 302 g/mol. The van der Waals surface area contributed by atoms with Crippen LogP contribution < -0.4 is 10.9 Å². The molecule has 0 spiro atoms. The van der Waals surface area contributed by atoms with Crippen molar-refractivity contribution in [3.05, 3.63) is 70.1 Å². The molecule has 110 valence electrons. The second kappa shape index (κ2) is 7.69. The number of hydrogen-bond acceptors (Lipinski definition) is 3. The summed E-state index contributed by atoms with van der Waals surface area (Å²) >= 11 is 1.60. The molecule has 0 aliphatic heterocycles. The quantitative estimate of drug-likeness (QED) is 0.861. The largest absolute Gasteiger partial charge is 0.351 e.